The number of carbonyl (C=O) groups excluding carboxylic acids is 1. The van der Waals surface area contributed by atoms with Gasteiger partial charge in [0.05, 0.1) is 10.2 Å². The van der Waals surface area contributed by atoms with Crippen molar-refractivity contribution in [2.75, 3.05) is 0 Å². The second-order valence-corrected chi connectivity index (χ2v) is 6.01. The van der Waals surface area contributed by atoms with Crippen molar-refractivity contribution < 1.29 is 9.90 Å². The number of hydrogen-bond donors (Lipinski definition) is 2. The first-order valence-electron chi connectivity index (χ1n) is 6.63. The zero-order valence-electron chi connectivity index (χ0n) is 10.6. The second-order valence-electron chi connectivity index (χ2n) is 4.98. The summed E-state index contributed by atoms with van der Waals surface area (Å²) in [5.74, 6) is 0.114. The number of nitrogens with zero attached hydrogens (tertiary/aromatic N) is 1. The molecule has 0 unspecified atom stereocenters. The molecule has 100 valence electrons. The van der Waals surface area contributed by atoms with Gasteiger partial charge in [-0.15, -0.1) is 11.3 Å². The van der Waals surface area contributed by atoms with Crippen molar-refractivity contribution in [1.29, 1.82) is 0 Å². The van der Waals surface area contributed by atoms with Crippen LogP contribution >= 0.6 is 11.3 Å². The van der Waals surface area contributed by atoms with E-state index in [0.29, 0.717) is 11.0 Å². The Morgan fingerprint density at radius 2 is 2.11 bits per heavy atom. The van der Waals surface area contributed by atoms with Crippen LogP contribution in [0.25, 0.3) is 10.2 Å². The van der Waals surface area contributed by atoms with Gasteiger partial charge in [-0.3, -0.25) is 4.79 Å². The van der Waals surface area contributed by atoms with Gasteiger partial charge in [-0.05, 0) is 31.0 Å². The predicted octanol–water partition coefficient (Wildman–Crippen LogP) is 3.06. The van der Waals surface area contributed by atoms with Crippen LogP contribution in [-0.2, 0) is 0 Å². The first-order valence-corrected chi connectivity index (χ1v) is 7.44. The van der Waals surface area contributed by atoms with Crippen molar-refractivity contribution in [2.24, 2.45) is 0 Å². The second kappa shape index (κ2) is 5.17. The maximum Gasteiger partial charge on any atom is 0.280 e. The van der Waals surface area contributed by atoms with Gasteiger partial charge in [-0.25, -0.2) is 4.98 Å². The molecule has 2 aromatic rings. The minimum Gasteiger partial charge on any atom is -0.508 e. The Labute approximate surface area is 115 Å². The normalized spacial score (nSPS) is 16.6. The zero-order chi connectivity index (χ0) is 13.2. The van der Waals surface area contributed by atoms with Crippen LogP contribution in [0.4, 0.5) is 0 Å². The third-order valence-corrected chi connectivity index (χ3v) is 4.52. The lowest BCUT2D eigenvalue weighted by Crippen LogP contribution is -2.36. The minimum atomic E-state index is -0.0902. The number of rotatable bonds is 2. The third kappa shape index (κ3) is 2.71. The standard InChI is InChI=1S/C14H16N2O2S/c17-10-6-7-11-12(8-10)19-14(16-11)13(18)15-9-4-2-1-3-5-9/h6-9,17H,1-5H2,(H,15,18). The van der Waals surface area contributed by atoms with E-state index in [0.717, 1.165) is 23.1 Å². The number of hydrogen-bond acceptors (Lipinski definition) is 4. The van der Waals surface area contributed by atoms with E-state index < -0.39 is 0 Å². The summed E-state index contributed by atoms with van der Waals surface area (Å²) in [7, 11) is 0. The number of benzene rings is 1. The molecule has 19 heavy (non-hydrogen) atoms. The van der Waals surface area contributed by atoms with Crippen LogP contribution in [-0.4, -0.2) is 22.0 Å². The van der Waals surface area contributed by atoms with E-state index in [4.69, 9.17) is 0 Å². The molecule has 1 aromatic carbocycles. The SMILES string of the molecule is O=C(NC1CCCCC1)c1nc2ccc(O)cc2s1. The first kappa shape index (κ1) is 12.4. The fourth-order valence-corrected chi connectivity index (χ4v) is 3.41. The molecule has 0 spiro atoms. The van der Waals surface area contributed by atoms with Crippen molar-refractivity contribution >= 4 is 27.5 Å². The van der Waals surface area contributed by atoms with Gasteiger partial charge >= 0.3 is 0 Å². The average Bonchev–Trinajstić information content (AvgIpc) is 2.83. The van der Waals surface area contributed by atoms with Gasteiger partial charge in [0.25, 0.3) is 5.91 Å². The summed E-state index contributed by atoms with van der Waals surface area (Å²) in [4.78, 5) is 16.5. The summed E-state index contributed by atoms with van der Waals surface area (Å²) in [5.41, 5.74) is 0.761. The van der Waals surface area contributed by atoms with Gasteiger partial charge in [-0.2, -0.15) is 0 Å². The van der Waals surface area contributed by atoms with E-state index in [-0.39, 0.29) is 11.7 Å². The summed E-state index contributed by atoms with van der Waals surface area (Å²) in [5, 5.41) is 13.0. The predicted molar refractivity (Wildman–Crippen MR) is 75.6 cm³/mol. The topological polar surface area (TPSA) is 62.2 Å². The van der Waals surface area contributed by atoms with Crippen molar-refractivity contribution in [2.45, 2.75) is 38.1 Å². The van der Waals surface area contributed by atoms with Crippen LogP contribution in [0, 0.1) is 0 Å². The molecule has 1 aliphatic rings. The molecular formula is C14H16N2O2S. The Bertz CT molecular complexity index is 603. The van der Waals surface area contributed by atoms with E-state index in [1.165, 1.54) is 30.6 Å². The minimum absolute atomic E-state index is 0.0902. The van der Waals surface area contributed by atoms with Gasteiger partial charge in [0.2, 0.25) is 0 Å². The molecule has 1 aromatic heterocycles. The number of aromatic nitrogens is 1. The quantitative estimate of drug-likeness (QED) is 0.886. The molecule has 0 atom stereocenters. The Morgan fingerprint density at radius 3 is 2.89 bits per heavy atom. The van der Waals surface area contributed by atoms with Crippen LogP contribution in [0.3, 0.4) is 0 Å². The molecule has 0 bridgehead atoms. The van der Waals surface area contributed by atoms with E-state index in [2.05, 4.69) is 10.3 Å². The number of aromatic hydroxyl groups is 1. The van der Waals surface area contributed by atoms with Crippen molar-refractivity contribution in [3.05, 3.63) is 23.2 Å². The Hall–Kier alpha value is -1.62. The number of thiazole rings is 1. The van der Waals surface area contributed by atoms with Gasteiger partial charge in [0.1, 0.15) is 5.75 Å². The summed E-state index contributed by atoms with van der Waals surface area (Å²) >= 11 is 1.32. The molecular weight excluding hydrogens is 260 g/mol. The highest BCUT2D eigenvalue weighted by Crippen LogP contribution is 2.26. The number of phenols is 1. The number of nitrogens with one attached hydrogen (secondary N) is 1. The Morgan fingerprint density at radius 1 is 1.32 bits per heavy atom. The Kier molecular flexibility index (Phi) is 3.38. The molecule has 0 saturated heterocycles. The summed E-state index contributed by atoms with van der Waals surface area (Å²) < 4.78 is 0.841. The lowest BCUT2D eigenvalue weighted by atomic mass is 9.95. The monoisotopic (exact) mass is 276 g/mol. The van der Waals surface area contributed by atoms with Gasteiger partial charge in [0.15, 0.2) is 5.01 Å². The first-order chi connectivity index (χ1) is 9.22. The third-order valence-electron chi connectivity index (χ3n) is 3.51. The van der Waals surface area contributed by atoms with Gasteiger partial charge in [0, 0.05) is 6.04 Å². The number of amides is 1. The van der Waals surface area contributed by atoms with Crippen molar-refractivity contribution in [3.63, 3.8) is 0 Å². The van der Waals surface area contributed by atoms with Crippen LogP contribution in [0.2, 0.25) is 0 Å². The van der Waals surface area contributed by atoms with Crippen LogP contribution in [0.15, 0.2) is 18.2 Å². The Balaban J connectivity index is 1.77. The summed E-state index contributed by atoms with van der Waals surface area (Å²) in [6, 6.07) is 5.26. The maximum absolute atomic E-state index is 12.1. The highest BCUT2D eigenvalue weighted by atomic mass is 32.1. The molecule has 2 N–H and O–H groups in total. The van der Waals surface area contributed by atoms with Crippen molar-refractivity contribution in [1.82, 2.24) is 10.3 Å². The van der Waals surface area contributed by atoms with Crippen LogP contribution in [0.1, 0.15) is 41.9 Å². The van der Waals surface area contributed by atoms with E-state index in [9.17, 15) is 9.90 Å². The largest absolute Gasteiger partial charge is 0.508 e. The molecule has 0 radical (unpaired) electrons. The molecule has 1 fully saturated rings. The number of phenolic OH excluding ortho intramolecular Hbond substituents is 1. The molecule has 1 saturated carbocycles. The zero-order valence-corrected chi connectivity index (χ0v) is 11.4. The molecule has 1 aliphatic carbocycles. The number of carbonyl (C=O) groups is 1. The average molecular weight is 276 g/mol. The van der Waals surface area contributed by atoms with Gasteiger partial charge in [-0.1, -0.05) is 19.3 Å². The smallest absolute Gasteiger partial charge is 0.280 e. The summed E-state index contributed by atoms with van der Waals surface area (Å²) in [6.07, 6.45) is 5.79. The van der Waals surface area contributed by atoms with E-state index >= 15 is 0 Å². The lowest BCUT2D eigenvalue weighted by Gasteiger charge is -2.22. The van der Waals surface area contributed by atoms with Gasteiger partial charge < -0.3 is 10.4 Å². The highest BCUT2D eigenvalue weighted by Gasteiger charge is 2.19. The fourth-order valence-electron chi connectivity index (χ4n) is 2.50. The summed E-state index contributed by atoms with van der Waals surface area (Å²) in [6.45, 7) is 0. The fraction of sp³-hybridized carbons (Fsp3) is 0.429. The molecule has 4 nitrogen and oxygen atoms in total. The molecule has 5 heteroatoms. The lowest BCUT2D eigenvalue weighted by molar-refractivity contribution is 0.0927. The van der Waals surface area contributed by atoms with Crippen molar-refractivity contribution in [3.8, 4) is 5.75 Å². The highest BCUT2D eigenvalue weighted by molar-refractivity contribution is 7.20. The van der Waals surface area contributed by atoms with Crippen LogP contribution < -0.4 is 5.32 Å². The molecule has 3 rings (SSSR count). The number of fused-ring (bicyclic) bond motifs is 1. The molecule has 1 heterocycles. The van der Waals surface area contributed by atoms with Crippen LogP contribution in [0.5, 0.6) is 5.75 Å². The molecule has 0 aliphatic heterocycles. The van der Waals surface area contributed by atoms with E-state index in [1.54, 1.807) is 18.2 Å². The molecule has 1 amide bonds. The maximum atomic E-state index is 12.1. The van der Waals surface area contributed by atoms with E-state index in [1.807, 2.05) is 0 Å².